The first-order chi connectivity index (χ1) is 12.8. The first-order valence-corrected chi connectivity index (χ1v) is 8.23. The van der Waals surface area contributed by atoms with E-state index in [2.05, 4.69) is 0 Å². The van der Waals surface area contributed by atoms with E-state index in [1.807, 2.05) is 5.32 Å². The smallest absolute Gasteiger partial charge is 0.408 e. The fraction of sp³-hybridized carbons (Fsp3) is 0.438. The third-order valence-electron chi connectivity index (χ3n) is 3.10. The number of halogens is 1. The van der Waals surface area contributed by atoms with Gasteiger partial charge in [-0.3, -0.25) is 10.1 Å². The normalized spacial score (nSPS) is 13.1. The molecule has 154 valence electrons. The van der Waals surface area contributed by atoms with Crippen LogP contribution in [-0.2, 0) is 14.3 Å². The number of aliphatic carboxylic acids is 2. The minimum atomic E-state index is -1.81. The molecule has 0 spiro atoms. The van der Waals surface area contributed by atoms with Crippen LogP contribution in [0, 0.1) is 10.1 Å². The second-order valence-electron chi connectivity index (χ2n) is 6.59. The van der Waals surface area contributed by atoms with Crippen molar-refractivity contribution >= 4 is 35.3 Å². The van der Waals surface area contributed by atoms with Crippen molar-refractivity contribution in [2.75, 3.05) is 0 Å². The number of nitro benzene ring substituents is 1. The van der Waals surface area contributed by atoms with Crippen LogP contribution in [0.25, 0.3) is 0 Å². The van der Waals surface area contributed by atoms with Gasteiger partial charge in [0.25, 0.3) is 0 Å². The van der Waals surface area contributed by atoms with Crippen molar-refractivity contribution in [1.29, 1.82) is 0 Å². The van der Waals surface area contributed by atoms with Gasteiger partial charge in [-0.05, 0) is 32.9 Å². The van der Waals surface area contributed by atoms with Gasteiger partial charge in [-0.2, -0.15) is 0 Å². The van der Waals surface area contributed by atoms with E-state index in [0.717, 1.165) is 12.1 Å². The highest BCUT2D eigenvalue weighted by molar-refractivity contribution is 6.30. The number of amides is 1. The lowest BCUT2D eigenvalue weighted by Gasteiger charge is -2.23. The average molecular weight is 419 g/mol. The minimum absolute atomic E-state index is 0.0286. The van der Waals surface area contributed by atoms with E-state index < -0.39 is 58.6 Å². The van der Waals surface area contributed by atoms with Gasteiger partial charge in [0.15, 0.2) is 11.9 Å². The van der Waals surface area contributed by atoms with Crippen LogP contribution in [0.3, 0.4) is 0 Å². The molecule has 11 nitrogen and oxygen atoms in total. The molecule has 0 aliphatic rings. The van der Waals surface area contributed by atoms with Crippen LogP contribution in [-0.4, -0.2) is 50.9 Å². The van der Waals surface area contributed by atoms with E-state index in [4.69, 9.17) is 21.1 Å². The van der Waals surface area contributed by atoms with Gasteiger partial charge in [-0.25, -0.2) is 14.4 Å². The molecule has 1 rings (SSSR count). The van der Waals surface area contributed by atoms with E-state index >= 15 is 0 Å². The molecule has 28 heavy (non-hydrogen) atoms. The first-order valence-electron chi connectivity index (χ1n) is 7.86. The molecule has 0 heterocycles. The van der Waals surface area contributed by atoms with Gasteiger partial charge in [0, 0.05) is 17.5 Å². The summed E-state index contributed by atoms with van der Waals surface area (Å²) in [5, 5.41) is 31.7. The van der Waals surface area contributed by atoms with E-state index in [0.29, 0.717) is 0 Å². The number of alkyl carbamates (subject to hydrolysis) is 1. The first kappa shape index (κ1) is 23.0. The minimum Gasteiger partial charge on any atom is -0.480 e. The zero-order valence-electron chi connectivity index (χ0n) is 15.2. The van der Waals surface area contributed by atoms with Gasteiger partial charge >= 0.3 is 23.7 Å². The van der Waals surface area contributed by atoms with Crippen LogP contribution in [0.2, 0.25) is 5.02 Å². The second-order valence-corrected chi connectivity index (χ2v) is 7.02. The number of rotatable bonds is 8. The summed E-state index contributed by atoms with van der Waals surface area (Å²) in [5.74, 6) is -3.53. The molecular formula is C16H19ClN2O9. The van der Waals surface area contributed by atoms with Gasteiger partial charge in [0.1, 0.15) is 11.6 Å². The number of benzene rings is 1. The van der Waals surface area contributed by atoms with Crippen molar-refractivity contribution in [1.82, 2.24) is 5.32 Å². The van der Waals surface area contributed by atoms with Crippen molar-refractivity contribution in [3.8, 4) is 5.75 Å². The largest absolute Gasteiger partial charge is 0.480 e. The Kier molecular flexibility index (Phi) is 7.56. The second kappa shape index (κ2) is 9.22. The number of hydrogen-bond acceptors (Lipinski definition) is 7. The van der Waals surface area contributed by atoms with Crippen molar-refractivity contribution < 1.29 is 39.0 Å². The number of carbonyl (C=O) groups excluding carboxylic acids is 1. The van der Waals surface area contributed by atoms with Crippen molar-refractivity contribution in [3.63, 3.8) is 0 Å². The van der Waals surface area contributed by atoms with Crippen LogP contribution in [0.4, 0.5) is 10.5 Å². The summed E-state index contributed by atoms with van der Waals surface area (Å²) < 4.78 is 10.1. The lowest BCUT2D eigenvalue weighted by Crippen LogP contribution is -2.47. The number of nitro groups is 1. The molecule has 0 bridgehead atoms. The number of hydrogen-bond donors (Lipinski definition) is 3. The Morgan fingerprint density at radius 2 is 1.86 bits per heavy atom. The summed E-state index contributed by atoms with van der Waals surface area (Å²) in [7, 11) is 0. The monoisotopic (exact) mass is 418 g/mol. The molecule has 0 saturated heterocycles. The standard InChI is InChI=1S/C16H19ClN2O9/c1-16(2,3)28-15(24)18-9(13(20)21)7-12(14(22)23)27-11-5-4-8(17)6-10(11)19(25)26/h4-6,9,12H,7H2,1-3H3,(H,18,24)(H,20,21)(H,22,23). The van der Waals surface area contributed by atoms with Gasteiger partial charge < -0.3 is 25.0 Å². The maximum atomic E-state index is 11.8. The SMILES string of the molecule is CC(C)(C)OC(=O)NC(CC(Oc1ccc(Cl)cc1[N+](=O)[O-])C(=O)O)C(=O)O. The lowest BCUT2D eigenvalue weighted by atomic mass is 10.1. The predicted octanol–water partition coefficient (Wildman–Crippen LogP) is 2.45. The van der Waals surface area contributed by atoms with Crippen molar-refractivity contribution in [2.24, 2.45) is 0 Å². The van der Waals surface area contributed by atoms with E-state index in [9.17, 15) is 34.7 Å². The Morgan fingerprint density at radius 1 is 1.25 bits per heavy atom. The molecule has 2 unspecified atom stereocenters. The Hall–Kier alpha value is -3.08. The molecule has 1 amide bonds. The number of carboxylic acid groups (broad SMARTS) is 2. The Balaban J connectivity index is 3.02. The summed E-state index contributed by atoms with van der Waals surface area (Å²) in [6, 6.07) is 1.62. The molecule has 0 fully saturated rings. The fourth-order valence-corrected chi connectivity index (χ4v) is 2.14. The van der Waals surface area contributed by atoms with Gasteiger partial charge in [0.2, 0.25) is 0 Å². The predicted molar refractivity (Wildman–Crippen MR) is 95.6 cm³/mol. The van der Waals surface area contributed by atoms with Crippen LogP contribution in [0.15, 0.2) is 18.2 Å². The Labute approximate surface area is 164 Å². The van der Waals surface area contributed by atoms with Crippen molar-refractivity contribution in [3.05, 3.63) is 33.3 Å². The maximum Gasteiger partial charge on any atom is 0.408 e. The van der Waals surface area contributed by atoms with E-state index in [1.54, 1.807) is 20.8 Å². The summed E-state index contributed by atoms with van der Waals surface area (Å²) >= 11 is 5.68. The third kappa shape index (κ3) is 7.27. The van der Waals surface area contributed by atoms with Crippen molar-refractivity contribution in [2.45, 2.75) is 44.9 Å². The summed E-state index contributed by atoms with van der Waals surface area (Å²) in [4.78, 5) is 44.9. The van der Waals surface area contributed by atoms with E-state index in [1.165, 1.54) is 6.07 Å². The molecule has 0 saturated carbocycles. The molecule has 1 aromatic rings. The molecule has 1 aromatic carbocycles. The lowest BCUT2D eigenvalue weighted by molar-refractivity contribution is -0.386. The maximum absolute atomic E-state index is 11.8. The number of carbonyl (C=O) groups is 3. The highest BCUT2D eigenvalue weighted by Gasteiger charge is 2.32. The number of ether oxygens (including phenoxy) is 2. The van der Waals surface area contributed by atoms with Gasteiger partial charge in [-0.15, -0.1) is 0 Å². The summed E-state index contributed by atoms with van der Waals surface area (Å²) in [6.45, 7) is 4.68. The fourth-order valence-electron chi connectivity index (χ4n) is 1.97. The highest BCUT2D eigenvalue weighted by atomic mass is 35.5. The van der Waals surface area contributed by atoms with Crippen LogP contribution >= 0.6 is 11.6 Å². The number of nitrogens with zero attached hydrogens (tertiary/aromatic N) is 1. The van der Waals surface area contributed by atoms with Crippen LogP contribution in [0.5, 0.6) is 5.75 Å². The topological polar surface area (TPSA) is 165 Å². The Bertz CT molecular complexity index is 776. The molecular weight excluding hydrogens is 400 g/mol. The molecule has 0 radical (unpaired) electrons. The average Bonchev–Trinajstić information content (AvgIpc) is 2.52. The summed E-state index contributed by atoms with van der Waals surface area (Å²) in [5.41, 5.74) is -1.49. The summed E-state index contributed by atoms with van der Waals surface area (Å²) in [6.07, 6.45) is -3.60. The molecule has 12 heteroatoms. The zero-order chi connectivity index (χ0) is 21.6. The zero-order valence-corrected chi connectivity index (χ0v) is 15.9. The highest BCUT2D eigenvalue weighted by Crippen LogP contribution is 2.31. The molecule has 0 aliphatic heterocycles. The van der Waals surface area contributed by atoms with Gasteiger partial charge in [-0.1, -0.05) is 11.6 Å². The number of nitrogens with one attached hydrogen (secondary N) is 1. The van der Waals surface area contributed by atoms with E-state index in [-0.39, 0.29) is 5.02 Å². The molecule has 0 aromatic heterocycles. The van der Waals surface area contributed by atoms with Crippen LogP contribution in [0.1, 0.15) is 27.2 Å². The number of carboxylic acids is 2. The molecule has 2 atom stereocenters. The van der Waals surface area contributed by atoms with Gasteiger partial charge in [0.05, 0.1) is 4.92 Å². The third-order valence-corrected chi connectivity index (χ3v) is 3.34. The molecule has 0 aliphatic carbocycles. The van der Waals surface area contributed by atoms with Crippen LogP contribution < -0.4 is 10.1 Å². The quantitative estimate of drug-likeness (QED) is 0.424. The molecule has 3 N–H and O–H groups in total. The Morgan fingerprint density at radius 3 is 2.32 bits per heavy atom.